The molecular weight excluding hydrogens is 124 g/mol. The van der Waals surface area contributed by atoms with Crippen LogP contribution in [-0.2, 0) is 0 Å². The molecule has 1 unspecified atom stereocenters. The molecule has 10 heavy (non-hydrogen) atoms. The summed E-state index contributed by atoms with van der Waals surface area (Å²) >= 11 is 0. The summed E-state index contributed by atoms with van der Waals surface area (Å²) in [4.78, 5) is 0. The third-order valence-electron chi connectivity index (χ3n) is 1.36. The van der Waals surface area contributed by atoms with E-state index < -0.39 is 5.54 Å². The van der Waals surface area contributed by atoms with Crippen molar-refractivity contribution in [3.05, 3.63) is 12.7 Å². The predicted molar refractivity (Wildman–Crippen MR) is 42.3 cm³/mol. The van der Waals surface area contributed by atoms with Crippen LogP contribution in [0, 0.1) is 11.3 Å². The molecular formula is C8H14N2. The van der Waals surface area contributed by atoms with E-state index in [1.165, 1.54) is 0 Å². The summed E-state index contributed by atoms with van der Waals surface area (Å²) in [5.41, 5.74) is 4.91. The van der Waals surface area contributed by atoms with E-state index in [0.29, 0.717) is 0 Å². The molecule has 0 spiro atoms. The number of nitrogens with two attached hydrogens (primary N) is 1. The second kappa shape index (κ2) is 4.08. The Kier molecular flexibility index (Phi) is 3.75. The molecule has 0 aliphatic rings. The Balaban J connectivity index is 3.49. The highest BCUT2D eigenvalue weighted by Gasteiger charge is 2.15. The Hall–Kier alpha value is -0.810. The first-order valence-corrected chi connectivity index (χ1v) is 3.43. The second-order valence-electron chi connectivity index (χ2n) is 2.71. The van der Waals surface area contributed by atoms with E-state index in [-0.39, 0.29) is 0 Å². The zero-order valence-corrected chi connectivity index (χ0v) is 6.43. The van der Waals surface area contributed by atoms with Crippen LogP contribution < -0.4 is 5.73 Å². The van der Waals surface area contributed by atoms with Gasteiger partial charge in [-0.2, -0.15) is 5.26 Å². The average molecular weight is 138 g/mol. The monoisotopic (exact) mass is 138 g/mol. The van der Waals surface area contributed by atoms with E-state index in [9.17, 15) is 0 Å². The van der Waals surface area contributed by atoms with Gasteiger partial charge in [-0.1, -0.05) is 6.08 Å². The van der Waals surface area contributed by atoms with Crippen LogP contribution in [0.1, 0.15) is 26.2 Å². The molecule has 0 aliphatic heterocycles. The third-order valence-corrected chi connectivity index (χ3v) is 1.36. The van der Waals surface area contributed by atoms with Crippen molar-refractivity contribution in [2.45, 2.75) is 31.7 Å². The largest absolute Gasteiger partial charge is 0.314 e. The number of nitrogens with zero attached hydrogens (tertiary/aromatic N) is 1. The minimum Gasteiger partial charge on any atom is -0.314 e. The SMILES string of the molecule is C=CCCCC(C)(N)C#N. The molecule has 0 heterocycles. The first kappa shape index (κ1) is 9.19. The molecule has 2 heteroatoms. The molecule has 0 amide bonds. The van der Waals surface area contributed by atoms with E-state index >= 15 is 0 Å². The molecule has 0 rings (SSSR count). The lowest BCUT2D eigenvalue weighted by atomic mass is 9.98. The average Bonchev–Trinajstić information content (AvgIpc) is 1.89. The van der Waals surface area contributed by atoms with E-state index in [4.69, 9.17) is 11.0 Å². The lowest BCUT2D eigenvalue weighted by Gasteiger charge is -2.13. The third kappa shape index (κ3) is 4.11. The van der Waals surface area contributed by atoms with Crippen molar-refractivity contribution in [1.82, 2.24) is 0 Å². The Morgan fingerprint density at radius 2 is 2.40 bits per heavy atom. The summed E-state index contributed by atoms with van der Waals surface area (Å²) < 4.78 is 0. The smallest absolute Gasteiger partial charge is 0.101 e. The van der Waals surface area contributed by atoms with Crippen LogP contribution in [0.3, 0.4) is 0 Å². The maximum Gasteiger partial charge on any atom is 0.101 e. The fourth-order valence-electron chi connectivity index (χ4n) is 0.670. The summed E-state index contributed by atoms with van der Waals surface area (Å²) in [5.74, 6) is 0. The van der Waals surface area contributed by atoms with Gasteiger partial charge < -0.3 is 5.73 Å². The van der Waals surface area contributed by atoms with Gasteiger partial charge in [-0.25, -0.2) is 0 Å². The first-order chi connectivity index (χ1) is 4.62. The van der Waals surface area contributed by atoms with Crippen molar-refractivity contribution in [1.29, 1.82) is 5.26 Å². The Morgan fingerprint density at radius 1 is 1.80 bits per heavy atom. The molecule has 1 atom stereocenters. The summed E-state index contributed by atoms with van der Waals surface area (Å²) in [6, 6.07) is 2.04. The van der Waals surface area contributed by atoms with E-state index in [1.807, 2.05) is 12.1 Å². The molecule has 2 N–H and O–H groups in total. The van der Waals surface area contributed by atoms with Crippen LogP contribution in [0.5, 0.6) is 0 Å². The molecule has 0 saturated heterocycles. The molecule has 0 aromatic carbocycles. The number of nitriles is 1. The second-order valence-corrected chi connectivity index (χ2v) is 2.71. The molecule has 0 aliphatic carbocycles. The molecule has 0 bridgehead atoms. The Morgan fingerprint density at radius 3 is 2.80 bits per heavy atom. The lowest BCUT2D eigenvalue weighted by Crippen LogP contribution is -2.33. The zero-order chi connectivity index (χ0) is 8.04. The van der Waals surface area contributed by atoms with Crippen molar-refractivity contribution >= 4 is 0 Å². The summed E-state index contributed by atoms with van der Waals surface area (Å²) in [7, 11) is 0. The molecule has 0 aromatic rings. The number of hydrogen-bond acceptors (Lipinski definition) is 2. The van der Waals surface area contributed by atoms with Crippen LogP contribution in [0.15, 0.2) is 12.7 Å². The van der Waals surface area contributed by atoms with Gasteiger partial charge in [0.25, 0.3) is 0 Å². The number of allylic oxidation sites excluding steroid dienone is 1. The predicted octanol–water partition coefficient (Wildman–Crippen LogP) is 1.58. The van der Waals surface area contributed by atoms with E-state index in [0.717, 1.165) is 19.3 Å². The fraction of sp³-hybridized carbons (Fsp3) is 0.625. The zero-order valence-electron chi connectivity index (χ0n) is 6.43. The van der Waals surface area contributed by atoms with Crippen LogP contribution in [0.4, 0.5) is 0 Å². The topological polar surface area (TPSA) is 49.8 Å². The highest BCUT2D eigenvalue weighted by molar-refractivity contribution is 5.00. The maximum absolute atomic E-state index is 8.49. The van der Waals surface area contributed by atoms with E-state index in [1.54, 1.807) is 6.92 Å². The molecule has 2 nitrogen and oxygen atoms in total. The Bertz CT molecular complexity index is 142. The van der Waals surface area contributed by atoms with Gasteiger partial charge in [-0.3, -0.25) is 0 Å². The van der Waals surface area contributed by atoms with Gasteiger partial charge in [0.2, 0.25) is 0 Å². The molecule has 0 aromatic heterocycles. The summed E-state index contributed by atoms with van der Waals surface area (Å²) in [6.45, 7) is 5.33. The van der Waals surface area contributed by atoms with E-state index in [2.05, 4.69) is 6.58 Å². The number of hydrogen-bond donors (Lipinski definition) is 1. The molecule has 56 valence electrons. The normalized spacial score (nSPS) is 15.3. The molecule has 0 fully saturated rings. The quantitative estimate of drug-likeness (QED) is 0.473. The molecule has 0 saturated carbocycles. The minimum absolute atomic E-state index is 0.650. The number of rotatable bonds is 4. The summed E-state index contributed by atoms with van der Waals surface area (Å²) in [5, 5.41) is 8.49. The fourth-order valence-corrected chi connectivity index (χ4v) is 0.670. The van der Waals surface area contributed by atoms with Gasteiger partial charge in [0.15, 0.2) is 0 Å². The van der Waals surface area contributed by atoms with Gasteiger partial charge in [0.1, 0.15) is 5.54 Å². The van der Waals surface area contributed by atoms with Crippen LogP contribution in [0.2, 0.25) is 0 Å². The van der Waals surface area contributed by atoms with Gasteiger partial charge in [0.05, 0.1) is 6.07 Å². The van der Waals surface area contributed by atoms with Crippen molar-refractivity contribution in [2.75, 3.05) is 0 Å². The van der Waals surface area contributed by atoms with Crippen LogP contribution in [0.25, 0.3) is 0 Å². The lowest BCUT2D eigenvalue weighted by molar-refractivity contribution is 0.525. The number of unbranched alkanes of at least 4 members (excludes halogenated alkanes) is 1. The van der Waals surface area contributed by atoms with Gasteiger partial charge in [-0.15, -0.1) is 6.58 Å². The standard InChI is InChI=1S/C8H14N2/c1-3-4-5-6-8(2,10)7-9/h3H,1,4-6,10H2,2H3. The summed E-state index contributed by atoms with van der Waals surface area (Å²) in [6.07, 6.45) is 4.47. The van der Waals surface area contributed by atoms with Crippen molar-refractivity contribution < 1.29 is 0 Å². The van der Waals surface area contributed by atoms with Crippen LogP contribution in [-0.4, -0.2) is 5.54 Å². The highest BCUT2D eigenvalue weighted by atomic mass is 14.7. The van der Waals surface area contributed by atoms with Gasteiger partial charge >= 0.3 is 0 Å². The van der Waals surface area contributed by atoms with Crippen molar-refractivity contribution in [3.63, 3.8) is 0 Å². The first-order valence-electron chi connectivity index (χ1n) is 3.43. The van der Waals surface area contributed by atoms with Crippen molar-refractivity contribution in [2.24, 2.45) is 5.73 Å². The van der Waals surface area contributed by atoms with Crippen LogP contribution >= 0.6 is 0 Å². The van der Waals surface area contributed by atoms with Crippen molar-refractivity contribution in [3.8, 4) is 6.07 Å². The minimum atomic E-state index is -0.650. The van der Waals surface area contributed by atoms with Gasteiger partial charge in [-0.05, 0) is 26.2 Å². The van der Waals surface area contributed by atoms with Gasteiger partial charge in [0, 0.05) is 0 Å². The maximum atomic E-state index is 8.49. The Labute approximate surface area is 62.3 Å². The molecule has 0 radical (unpaired) electrons. The highest BCUT2D eigenvalue weighted by Crippen LogP contribution is 2.08.